The molecular formula is C41H81NO3. The molecule has 2 atom stereocenters. The quantitative estimate of drug-likeness (QED) is 0.0470. The van der Waals surface area contributed by atoms with Crippen LogP contribution in [0, 0.1) is 0 Å². The number of aliphatic hydroxyl groups excluding tert-OH is 2. The maximum atomic E-state index is 12.3. The number of nitrogens with one attached hydrogen (secondary N) is 1. The number of carbonyl (C=O) groups excluding carboxylic acids is 1. The first kappa shape index (κ1) is 44.1. The zero-order chi connectivity index (χ0) is 32.9. The first-order valence-corrected chi connectivity index (χ1v) is 20.4. The molecule has 3 N–H and O–H groups in total. The van der Waals surface area contributed by atoms with E-state index in [0.29, 0.717) is 12.8 Å². The molecule has 0 saturated heterocycles. The van der Waals surface area contributed by atoms with Crippen molar-refractivity contribution in [3.05, 3.63) is 12.2 Å². The van der Waals surface area contributed by atoms with Crippen LogP contribution in [0.3, 0.4) is 0 Å². The molecule has 0 spiro atoms. The number of hydrogen-bond donors (Lipinski definition) is 3. The lowest BCUT2D eigenvalue weighted by molar-refractivity contribution is -0.123. The van der Waals surface area contributed by atoms with Gasteiger partial charge in [0.15, 0.2) is 0 Å². The zero-order valence-corrected chi connectivity index (χ0v) is 30.7. The van der Waals surface area contributed by atoms with Crippen LogP contribution in [0.2, 0.25) is 0 Å². The van der Waals surface area contributed by atoms with Crippen LogP contribution in [0.25, 0.3) is 0 Å². The minimum absolute atomic E-state index is 0.0314. The van der Waals surface area contributed by atoms with E-state index < -0.39 is 12.1 Å². The van der Waals surface area contributed by atoms with Gasteiger partial charge in [0, 0.05) is 6.42 Å². The standard InChI is InChI=1S/C41H81NO3/c1-3-5-7-9-11-13-15-16-17-18-19-20-21-22-23-24-25-26-27-29-31-33-35-37-41(45)42-39(38-43)40(44)36-34-32-30-28-14-12-10-8-6-4-2/h16-17,39-40,43-44H,3-15,18-38H2,1-2H3,(H,42,45)/b17-16+/t39-,40+/m0/s1. The van der Waals surface area contributed by atoms with Gasteiger partial charge in [-0.25, -0.2) is 0 Å². The number of carbonyl (C=O) groups is 1. The van der Waals surface area contributed by atoms with E-state index in [-0.39, 0.29) is 12.5 Å². The highest BCUT2D eigenvalue weighted by Gasteiger charge is 2.19. The Labute approximate surface area is 282 Å². The van der Waals surface area contributed by atoms with Gasteiger partial charge < -0.3 is 15.5 Å². The van der Waals surface area contributed by atoms with Gasteiger partial charge in [-0.15, -0.1) is 0 Å². The van der Waals surface area contributed by atoms with Crippen molar-refractivity contribution in [2.24, 2.45) is 0 Å². The lowest BCUT2D eigenvalue weighted by atomic mass is 10.0. The third-order valence-electron chi connectivity index (χ3n) is 9.53. The highest BCUT2D eigenvalue weighted by Crippen LogP contribution is 2.15. The molecule has 0 aliphatic rings. The van der Waals surface area contributed by atoms with E-state index in [0.717, 1.165) is 25.7 Å². The SMILES string of the molecule is CCCCCCCC/C=C/CCCCCCCCCCCCCCCC(=O)N[C@@H](CO)[C@H](O)CCCCCCCCCCCC. The van der Waals surface area contributed by atoms with Gasteiger partial charge in [-0.1, -0.05) is 193 Å². The number of unbranched alkanes of at least 4 members (excludes halogenated alkanes) is 28. The lowest BCUT2D eigenvalue weighted by Gasteiger charge is -2.22. The summed E-state index contributed by atoms with van der Waals surface area (Å²) in [6.07, 6.45) is 45.7. The molecule has 0 bridgehead atoms. The number of aliphatic hydroxyl groups is 2. The van der Waals surface area contributed by atoms with E-state index in [1.165, 1.54) is 173 Å². The molecule has 0 fully saturated rings. The van der Waals surface area contributed by atoms with Gasteiger partial charge in [0.1, 0.15) is 0 Å². The molecule has 4 heteroatoms. The van der Waals surface area contributed by atoms with Crippen LogP contribution < -0.4 is 5.32 Å². The van der Waals surface area contributed by atoms with Gasteiger partial charge in [-0.3, -0.25) is 4.79 Å². The van der Waals surface area contributed by atoms with E-state index in [9.17, 15) is 15.0 Å². The molecule has 268 valence electrons. The smallest absolute Gasteiger partial charge is 0.220 e. The van der Waals surface area contributed by atoms with E-state index in [2.05, 4.69) is 31.3 Å². The largest absolute Gasteiger partial charge is 0.394 e. The topological polar surface area (TPSA) is 69.6 Å². The Morgan fingerprint density at radius 1 is 0.511 bits per heavy atom. The van der Waals surface area contributed by atoms with Crippen molar-refractivity contribution in [2.75, 3.05) is 6.61 Å². The highest BCUT2D eigenvalue weighted by atomic mass is 16.3. The van der Waals surface area contributed by atoms with Crippen LogP contribution in [0.1, 0.15) is 226 Å². The molecule has 0 radical (unpaired) electrons. The predicted octanol–water partition coefficient (Wildman–Crippen LogP) is 12.3. The maximum Gasteiger partial charge on any atom is 0.220 e. The molecule has 0 aromatic heterocycles. The molecule has 0 saturated carbocycles. The molecular weight excluding hydrogens is 554 g/mol. The van der Waals surface area contributed by atoms with Crippen molar-refractivity contribution in [1.82, 2.24) is 5.32 Å². The minimum Gasteiger partial charge on any atom is -0.394 e. The number of rotatable bonds is 37. The highest BCUT2D eigenvalue weighted by molar-refractivity contribution is 5.76. The zero-order valence-electron chi connectivity index (χ0n) is 30.7. The van der Waals surface area contributed by atoms with Gasteiger partial charge in [-0.2, -0.15) is 0 Å². The molecule has 0 rings (SSSR count). The third-order valence-corrected chi connectivity index (χ3v) is 9.53. The van der Waals surface area contributed by atoms with E-state index >= 15 is 0 Å². The monoisotopic (exact) mass is 636 g/mol. The van der Waals surface area contributed by atoms with Gasteiger partial charge in [0.05, 0.1) is 18.8 Å². The Bertz CT molecular complexity index is 608. The van der Waals surface area contributed by atoms with Crippen LogP contribution in [-0.2, 0) is 4.79 Å². The molecule has 0 unspecified atom stereocenters. The average molecular weight is 636 g/mol. The molecule has 0 aromatic rings. The second-order valence-electron chi connectivity index (χ2n) is 14.1. The fourth-order valence-electron chi connectivity index (χ4n) is 6.36. The van der Waals surface area contributed by atoms with Crippen molar-refractivity contribution in [1.29, 1.82) is 0 Å². The van der Waals surface area contributed by atoms with Crippen LogP contribution in [-0.4, -0.2) is 34.9 Å². The second-order valence-corrected chi connectivity index (χ2v) is 14.1. The Hall–Kier alpha value is -0.870. The Morgan fingerprint density at radius 3 is 1.22 bits per heavy atom. The van der Waals surface area contributed by atoms with Crippen molar-refractivity contribution in [2.45, 2.75) is 238 Å². The number of amides is 1. The van der Waals surface area contributed by atoms with Crippen LogP contribution in [0.15, 0.2) is 12.2 Å². The van der Waals surface area contributed by atoms with Crippen molar-refractivity contribution >= 4 is 5.91 Å². The third kappa shape index (κ3) is 34.3. The summed E-state index contributed by atoms with van der Waals surface area (Å²) in [5.74, 6) is -0.0314. The molecule has 0 aliphatic heterocycles. The first-order chi connectivity index (χ1) is 22.2. The summed E-state index contributed by atoms with van der Waals surface area (Å²) in [7, 11) is 0. The number of allylic oxidation sites excluding steroid dienone is 2. The Balaban J connectivity index is 3.45. The van der Waals surface area contributed by atoms with E-state index in [1.807, 2.05) is 0 Å². The summed E-state index contributed by atoms with van der Waals surface area (Å²) in [6, 6.07) is -0.530. The summed E-state index contributed by atoms with van der Waals surface area (Å²) in [6.45, 7) is 4.34. The number of hydrogen-bond acceptors (Lipinski definition) is 3. The summed E-state index contributed by atoms with van der Waals surface area (Å²) in [4.78, 5) is 12.3. The minimum atomic E-state index is -0.653. The van der Waals surface area contributed by atoms with Crippen molar-refractivity contribution in [3.8, 4) is 0 Å². The van der Waals surface area contributed by atoms with Crippen LogP contribution in [0.5, 0.6) is 0 Å². The summed E-state index contributed by atoms with van der Waals surface area (Å²) >= 11 is 0. The van der Waals surface area contributed by atoms with Gasteiger partial charge in [0.2, 0.25) is 5.91 Å². The molecule has 4 nitrogen and oxygen atoms in total. The average Bonchev–Trinajstić information content (AvgIpc) is 3.04. The van der Waals surface area contributed by atoms with Crippen molar-refractivity contribution in [3.63, 3.8) is 0 Å². The van der Waals surface area contributed by atoms with E-state index in [1.54, 1.807) is 0 Å². The fourth-order valence-corrected chi connectivity index (χ4v) is 6.36. The van der Waals surface area contributed by atoms with Crippen molar-refractivity contribution < 1.29 is 15.0 Å². The summed E-state index contributed by atoms with van der Waals surface area (Å²) in [5.41, 5.74) is 0. The van der Waals surface area contributed by atoms with Crippen LogP contribution >= 0.6 is 0 Å². The maximum absolute atomic E-state index is 12.3. The molecule has 45 heavy (non-hydrogen) atoms. The van der Waals surface area contributed by atoms with Gasteiger partial charge >= 0.3 is 0 Å². The Morgan fingerprint density at radius 2 is 0.844 bits per heavy atom. The lowest BCUT2D eigenvalue weighted by Crippen LogP contribution is -2.45. The molecule has 0 aromatic carbocycles. The normalized spacial score (nSPS) is 13.1. The van der Waals surface area contributed by atoms with Crippen LogP contribution in [0.4, 0.5) is 0 Å². The van der Waals surface area contributed by atoms with Gasteiger partial charge in [-0.05, 0) is 38.5 Å². The predicted molar refractivity (Wildman–Crippen MR) is 198 cm³/mol. The Kier molecular flexibility index (Phi) is 36.9. The molecule has 1 amide bonds. The summed E-state index contributed by atoms with van der Waals surface area (Å²) < 4.78 is 0. The van der Waals surface area contributed by atoms with E-state index in [4.69, 9.17) is 0 Å². The molecule has 0 heterocycles. The fraction of sp³-hybridized carbons (Fsp3) is 0.927. The second kappa shape index (κ2) is 37.6. The molecule has 0 aliphatic carbocycles. The van der Waals surface area contributed by atoms with Gasteiger partial charge in [0.25, 0.3) is 0 Å². The summed E-state index contributed by atoms with van der Waals surface area (Å²) in [5, 5.41) is 23.0. The first-order valence-electron chi connectivity index (χ1n) is 20.4.